The average Bonchev–Trinajstić information content (AvgIpc) is 2.60. The summed E-state index contributed by atoms with van der Waals surface area (Å²) >= 11 is 0. The maximum Gasteiger partial charge on any atom is 0.200 e. The number of hydrogen-bond acceptors (Lipinski definition) is 3. The summed E-state index contributed by atoms with van der Waals surface area (Å²) in [6, 6.07) is 5.25. The van der Waals surface area contributed by atoms with Crippen LogP contribution in [0.2, 0.25) is 0 Å². The van der Waals surface area contributed by atoms with Crippen LogP contribution in [0.4, 0.5) is 26.3 Å². The Bertz CT molecular complexity index is 1010. The Kier molecular flexibility index (Phi) is 5.41. The minimum Gasteiger partial charge on any atom is -0.223 e. The first kappa shape index (κ1) is 19.5. The monoisotopic (exact) mass is 391 g/mol. The second kappa shape index (κ2) is 7.21. The molecule has 0 spiro atoms. The molecule has 136 valence electrons. The molecule has 0 fully saturated rings. The first-order valence-corrected chi connectivity index (χ1v) is 8.34. The van der Waals surface area contributed by atoms with Crippen LogP contribution in [0, 0.1) is 46.2 Å². The van der Waals surface area contributed by atoms with E-state index in [4.69, 9.17) is 5.26 Å². The Morgan fingerprint density at radius 3 is 1.81 bits per heavy atom. The molecule has 0 aliphatic heterocycles. The van der Waals surface area contributed by atoms with Crippen LogP contribution in [-0.2, 0) is 15.6 Å². The highest BCUT2D eigenvalue weighted by Crippen LogP contribution is 2.26. The predicted octanol–water partition coefficient (Wildman–Crippen LogP) is 4.00. The zero-order chi connectivity index (χ0) is 19.6. The van der Waals surface area contributed by atoms with Crippen LogP contribution in [0.5, 0.6) is 0 Å². The van der Waals surface area contributed by atoms with Crippen LogP contribution >= 0.6 is 0 Å². The van der Waals surface area contributed by atoms with Crippen LogP contribution in [0.3, 0.4) is 0 Å². The smallest absolute Gasteiger partial charge is 0.200 e. The molecular weight excluding hydrogens is 384 g/mol. The van der Waals surface area contributed by atoms with Crippen molar-refractivity contribution in [3.8, 4) is 6.07 Å². The van der Waals surface area contributed by atoms with Crippen molar-refractivity contribution in [3.63, 3.8) is 0 Å². The van der Waals surface area contributed by atoms with Crippen molar-refractivity contribution in [2.75, 3.05) is 0 Å². The van der Waals surface area contributed by atoms with E-state index in [2.05, 4.69) is 0 Å². The molecule has 0 saturated carbocycles. The summed E-state index contributed by atoms with van der Waals surface area (Å²) in [4.78, 5) is -1.22. The molecule has 0 atom stereocenters. The van der Waals surface area contributed by atoms with Crippen molar-refractivity contribution < 1.29 is 34.8 Å². The highest BCUT2D eigenvalue weighted by Gasteiger charge is 2.27. The molecule has 10 heteroatoms. The van der Waals surface area contributed by atoms with Crippen molar-refractivity contribution in [1.82, 2.24) is 0 Å². The molecule has 0 aliphatic rings. The van der Waals surface area contributed by atoms with Crippen LogP contribution in [-0.4, -0.2) is 8.42 Å². The number of nitrogens with zero attached hydrogens (tertiary/aromatic N) is 1. The molecule has 2 rings (SSSR count). The SMILES string of the molecule is N#CC(=Cc1c(F)c(F)c(F)c(F)c1F)S(=O)(=O)Cc1ccc(F)cc1. The van der Waals surface area contributed by atoms with Gasteiger partial charge in [-0.25, -0.2) is 34.8 Å². The third-order valence-corrected chi connectivity index (χ3v) is 4.83. The lowest BCUT2D eigenvalue weighted by Gasteiger charge is -2.07. The van der Waals surface area contributed by atoms with Crippen molar-refractivity contribution in [2.45, 2.75) is 5.75 Å². The molecule has 0 unspecified atom stereocenters. The van der Waals surface area contributed by atoms with Gasteiger partial charge in [-0.1, -0.05) is 12.1 Å². The molecule has 0 heterocycles. The van der Waals surface area contributed by atoms with Crippen LogP contribution < -0.4 is 0 Å². The van der Waals surface area contributed by atoms with Gasteiger partial charge in [0.2, 0.25) is 5.82 Å². The summed E-state index contributed by atoms with van der Waals surface area (Å²) in [5.41, 5.74) is -1.51. The lowest BCUT2D eigenvalue weighted by molar-refractivity contribution is 0.377. The van der Waals surface area contributed by atoms with E-state index in [1.807, 2.05) is 0 Å². The van der Waals surface area contributed by atoms with E-state index >= 15 is 0 Å². The number of allylic oxidation sites excluding steroid dienone is 1. The summed E-state index contributed by atoms with van der Waals surface area (Å²) in [7, 11) is -4.50. The summed E-state index contributed by atoms with van der Waals surface area (Å²) in [6.07, 6.45) is 0.0646. The average molecular weight is 391 g/mol. The Morgan fingerprint density at radius 2 is 1.35 bits per heavy atom. The van der Waals surface area contributed by atoms with E-state index in [-0.39, 0.29) is 11.6 Å². The second-order valence-corrected chi connectivity index (χ2v) is 6.95. The van der Waals surface area contributed by atoms with Gasteiger partial charge in [0.1, 0.15) is 16.8 Å². The van der Waals surface area contributed by atoms with Crippen LogP contribution in [0.1, 0.15) is 11.1 Å². The molecule has 3 nitrogen and oxygen atoms in total. The van der Waals surface area contributed by atoms with Gasteiger partial charge in [-0.2, -0.15) is 5.26 Å². The Morgan fingerprint density at radius 1 is 0.885 bits per heavy atom. The Hall–Kier alpha value is -2.80. The van der Waals surface area contributed by atoms with E-state index in [1.54, 1.807) is 0 Å². The first-order valence-electron chi connectivity index (χ1n) is 6.69. The molecule has 0 N–H and O–H groups in total. The lowest BCUT2D eigenvalue weighted by atomic mass is 10.1. The highest BCUT2D eigenvalue weighted by molar-refractivity contribution is 7.95. The fourth-order valence-corrected chi connectivity index (χ4v) is 3.17. The fourth-order valence-electron chi connectivity index (χ4n) is 1.95. The molecule has 2 aromatic carbocycles. The number of hydrogen-bond donors (Lipinski definition) is 0. The normalized spacial score (nSPS) is 12.1. The topological polar surface area (TPSA) is 57.9 Å². The van der Waals surface area contributed by atoms with Gasteiger partial charge in [0, 0.05) is 0 Å². The van der Waals surface area contributed by atoms with E-state index in [9.17, 15) is 34.8 Å². The zero-order valence-corrected chi connectivity index (χ0v) is 13.4. The molecular formula is C16H7F6NO2S. The molecule has 0 aliphatic carbocycles. The van der Waals surface area contributed by atoms with E-state index in [1.165, 1.54) is 0 Å². The molecule has 0 bridgehead atoms. The quantitative estimate of drug-likeness (QED) is 0.343. The lowest BCUT2D eigenvalue weighted by Crippen LogP contribution is -2.09. The van der Waals surface area contributed by atoms with Crippen molar-refractivity contribution >= 4 is 15.9 Å². The van der Waals surface area contributed by atoms with Crippen LogP contribution in [0.25, 0.3) is 6.08 Å². The molecule has 0 saturated heterocycles. The van der Waals surface area contributed by atoms with Gasteiger partial charge in [-0.3, -0.25) is 0 Å². The minimum atomic E-state index is -4.50. The summed E-state index contributed by atoms with van der Waals surface area (Å²) in [5, 5.41) is 8.96. The van der Waals surface area contributed by atoms with Gasteiger partial charge in [-0.05, 0) is 23.8 Å². The number of rotatable bonds is 4. The molecule has 0 radical (unpaired) electrons. The molecule has 0 aromatic heterocycles. The van der Waals surface area contributed by atoms with Gasteiger partial charge in [0.05, 0.1) is 11.3 Å². The summed E-state index contributed by atoms with van der Waals surface area (Å²) < 4.78 is 104. The summed E-state index contributed by atoms with van der Waals surface area (Å²) in [6.45, 7) is 0. The standard InChI is InChI=1S/C16H7F6NO2S/c17-9-3-1-8(2-4-9)7-26(24,25)10(6-23)5-11-12(18)14(20)16(22)15(21)13(11)19/h1-5H,7H2. The van der Waals surface area contributed by atoms with E-state index in [0.717, 1.165) is 30.3 Å². The Balaban J connectivity index is 2.55. The molecule has 2 aromatic rings. The van der Waals surface area contributed by atoms with Crippen molar-refractivity contribution in [3.05, 3.63) is 75.2 Å². The van der Waals surface area contributed by atoms with Gasteiger partial charge in [-0.15, -0.1) is 0 Å². The third-order valence-electron chi connectivity index (χ3n) is 3.23. The predicted molar refractivity (Wildman–Crippen MR) is 78.8 cm³/mol. The zero-order valence-electron chi connectivity index (χ0n) is 12.5. The maximum atomic E-state index is 13.6. The first-order chi connectivity index (χ1) is 12.1. The van der Waals surface area contributed by atoms with E-state index in [0.29, 0.717) is 0 Å². The van der Waals surface area contributed by atoms with Crippen LogP contribution in [0.15, 0.2) is 29.2 Å². The molecule has 26 heavy (non-hydrogen) atoms. The fraction of sp³-hybridized carbons (Fsp3) is 0.0625. The maximum absolute atomic E-state index is 13.6. The highest BCUT2D eigenvalue weighted by atomic mass is 32.2. The number of halogens is 6. The van der Waals surface area contributed by atoms with Gasteiger partial charge in [0.15, 0.2) is 33.1 Å². The third kappa shape index (κ3) is 3.72. The van der Waals surface area contributed by atoms with Crippen molar-refractivity contribution in [1.29, 1.82) is 5.26 Å². The number of benzene rings is 2. The largest absolute Gasteiger partial charge is 0.223 e. The van der Waals surface area contributed by atoms with Gasteiger partial charge < -0.3 is 0 Å². The molecule has 0 amide bonds. The second-order valence-electron chi connectivity index (χ2n) is 4.99. The van der Waals surface area contributed by atoms with Gasteiger partial charge >= 0.3 is 0 Å². The number of sulfone groups is 1. The Labute approximate surface area is 143 Å². The van der Waals surface area contributed by atoms with Crippen molar-refractivity contribution in [2.24, 2.45) is 0 Å². The number of nitriles is 1. The van der Waals surface area contributed by atoms with Gasteiger partial charge in [0.25, 0.3) is 0 Å². The minimum absolute atomic E-state index is 0.0463. The summed E-state index contributed by atoms with van der Waals surface area (Å²) in [5.74, 6) is -13.0. The van der Waals surface area contributed by atoms with E-state index < -0.39 is 61.0 Å².